The highest BCUT2D eigenvalue weighted by molar-refractivity contribution is 7.13. The molecular weight excluding hydrogens is 1040 g/mol. The molecule has 0 spiro atoms. The van der Waals surface area contributed by atoms with Crippen LogP contribution in [0, 0.1) is 12.3 Å². The maximum Gasteiger partial charge on any atom is 0.416 e. The number of carbonyl (C=O) groups excluding carboxylic acids is 5. The number of aromatic nitrogens is 1. The zero-order chi connectivity index (χ0) is 56.7. The van der Waals surface area contributed by atoms with Gasteiger partial charge in [0, 0.05) is 38.0 Å². The van der Waals surface area contributed by atoms with E-state index < -0.39 is 65.2 Å². The van der Waals surface area contributed by atoms with E-state index in [1.165, 1.54) is 17.0 Å². The van der Waals surface area contributed by atoms with Crippen LogP contribution in [0.2, 0.25) is 0 Å². The first-order chi connectivity index (χ1) is 37.8. The van der Waals surface area contributed by atoms with Gasteiger partial charge < -0.3 is 50.2 Å². The molecule has 0 saturated carbocycles. The van der Waals surface area contributed by atoms with E-state index in [2.05, 4.69) is 32.8 Å². The molecular formula is C59H67F3N6O10S. The first kappa shape index (κ1) is 59.4. The standard InChI is InChI=1S/C59H67F3N6O10S/c1-6-48(40-13-15-41(16-14-40)53-37(2)65-36-79-53)66-56(73)49-32-45(69)34-68(49)57(74)54(58(3,4)5)67-52(71)35-77-28-27-76-26-25-75-24-23-63-51(70)30-38-9-7-10-39(29-38)33-64-55(72)43-17-22-47-42(31-43)11-8-12-50(47)78-46-20-18-44(19-21-46)59(60,61)62/h6-11,13-22,29,31,36,45,48-50,54,69H,1,12,23-28,30,32-35H2,2-5H3,(H,63,70)(H,64,72)(H,66,73)(H,67,71)/t45-,48+,49+,50?,54-/m1/s1. The van der Waals surface area contributed by atoms with Gasteiger partial charge in [-0.15, -0.1) is 17.9 Å². The fourth-order valence-electron chi connectivity index (χ4n) is 9.12. The van der Waals surface area contributed by atoms with E-state index in [1.807, 2.05) is 67.6 Å². The summed E-state index contributed by atoms with van der Waals surface area (Å²) in [6, 6.07) is 22.3. The number of benzene rings is 4. The molecule has 420 valence electrons. The Bertz CT molecular complexity index is 2940. The molecule has 4 aromatic carbocycles. The number of amides is 5. The number of ether oxygens (including phenoxy) is 4. The van der Waals surface area contributed by atoms with E-state index >= 15 is 0 Å². The number of aryl methyl sites for hydroxylation is 1. The molecule has 16 nitrogen and oxygen atoms in total. The number of rotatable bonds is 25. The van der Waals surface area contributed by atoms with Crippen molar-refractivity contribution in [3.8, 4) is 16.2 Å². The molecule has 1 fully saturated rings. The predicted molar refractivity (Wildman–Crippen MR) is 293 cm³/mol. The van der Waals surface area contributed by atoms with Gasteiger partial charge in [-0.25, -0.2) is 4.98 Å². The van der Waals surface area contributed by atoms with E-state index in [0.717, 1.165) is 56.1 Å². The van der Waals surface area contributed by atoms with Crippen LogP contribution in [-0.4, -0.2) is 115 Å². The third-order valence-electron chi connectivity index (χ3n) is 13.3. The summed E-state index contributed by atoms with van der Waals surface area (Å²) in [6.07, 6.45) is 0.255. The second-order valence-corrected chi connectivity index (χ2v) is 21.1. The van der Waals surface area contributed by atoms with Crippen LogP contribution in [0.15, 0.2) is 115 Å². The van der Waals surface area contributed by atoms with Crippen LogP contribution in [-0.2, 0) is 52.5 Å². The predicted octanol–water partition coefficient (Wildman–Crippen LogP) is 7.85. The van der Waals surface area contributed by atoms with E-state index in [4.69, 9.17) is 18.9 Å². The third kappa shape index (κ3) is 16.9. The zero-order valence-corrected chi connectivity index (χ0v) is 45.4. The van der Waals surface area contributed by atoms with Crippen LogP contribution in [0.1, 0.15) is 95.2 Å². The van der Waals surface area contributed by atoms with Gasteiger partial charge in [0.25, 0.3) is 5.91 Å². The van der Waals surface area contributed by atoms with Crippen LogP contribution in [0.25, 0.3) is 16.5 Å². The molecule has 1 unspecified atom stereocenters. The van der Waals surface area contributed by atoms with E-state index in [-0.39, 0.29) is 83.9 Å². The number of hydrogen-bond acceptors (Lipinski definition) is 12. The van der Waals surface area contributed by atoms with Crippen molar-refractivity contribution in [1.82, 2.24) is 31.2 Å². The molecule has 1 aliphatic carbocycles. The SMILES string of the molecule is C=C[C@H](NC(=O)[C@@H]1C[C@@H](O)CN1C(=O)[C@@H](NC(=O)COCCOCCOCCNC(=O)Cc1cccc(CNC(=O)c2ccc3c(c2)C=CCC3Oc2ccc(C(F)(F)F)cc2)c1)C(C)(C)C)c1ccc(-c2scnc2C)cc1. The Morgan fingerprint density at radius 3 is 2.25 bits per heavy atom. The first-order valence-electron chi connectivity index (χ1n) is 26.0. The van der Waals surface area contributed by atoms with Gasteiger partial charge in [-0.1, -0.05) is 93.6 Å². The monoisotopic (exact) mass is 1110 g/mol. The summed E-state index contributed by atoms with van der Waals surface area (Å²) in [7, 11) is 0. The Labute approximate surface area is 461 Å². The molecule has 0 bridgehead atoms. The second-order valence-electron chi connectivity index (χ2n) is 20.3. The first-order valence-corrected chi connectivity index (χ1v) is 26.9. The lowest BCUT2D eigenvalue weighted by atomic mass is 9.85. The average Bonchev–Trinajstić information content (AvgIpc) is 4.12. The quantitative estimate of drug-likeness (QED) is 0.0281. The molecule has 5 aromatic rings. The highest BCUT2D eigenvalue weighted by atomic mass is 32.1. The summed E-state index contributed by atoms with van der Waals surface area (Å²) in [5.41, 5.74) is 6.59. The van der Waals surface area contributed by atoms with Crippen molar-refractivity contribution in [2.45, 2.75) is 90.0 Å². The lowest BCUT2D eigenvalue weighted by Gasteiger charge is -2.35. The number of aliphatic hydroxyl groups is 1. The number of hydrogen-bond donors (Lipinski definition) is 5. The summed E-state index contributed by atoms with van der Waals surface area (Å²) < 4.78 is 61.7. The normalized spacial score (nSPS) is 16.8. The highest BCUT2D eigenvalue weighted by Crippen LogP contribution is 2.36. The molecule has 5 atom stereocenters. The molecule has 0 radical (unpaired) electrons. The number of nitrogens with one attached hydrogen (secondary N) is 4. The summed E-state index contributed by atoms with van der Waals surface area (Å²) >= 11 is 1.54. The molecule has 79 heavy (non-hydrogen) atoms. The van der Waals surface area contributed by atoms with Crippen LogP contribution >= 0.6 is 11.3 Å². The maximum atomic E-state index is 14.1. The number of likely N-dealkylation sites (tertiary alicyclic amines) is 1. The fourth-order valence-corrected chi connectivity index (χ4v) is 9.93. The molecule has 20 heteroatoms. The largest absolute Gasteiger partial charge is 0.485 e. The van der Waals surface area contributed by atoms with Crippen LogP contribution < -0.4 is 26.0 Å². The minimum Gasteiger partial charge on any atom is -0.485 e. The van der Waals surface area contributed by atoms with Crippen LogP contribution in [0.4, 0.5) is 13.2 Å². The van der Waals surface area contributed by atoms with Gasteiger partial charge in [0.05, 0.1) is 73.2 Å². The lowest BCUT2D eigenvalue weighted by molar-refractivity contribution is -0.144. The molecule has 5 amide bonds. The van der Waals surface area contributed by atoms with E-state index in [9.17, 15) is 42.3 Å². The topological polar surface area (TPSA) is 207 Å². The zero-order valence-electron chi connectivity index (χ0n) is 44.6. The molecule has 2 heterocycles. The number of β-amino-alcohol motifs (C(OH)–C–C–N with tert-alkyl or cyclic N) is 1. The molecule has 5 N–H and O–H groups in total. The van der Waals surface area contributed by atoms with Crippen molar-refractivity contribution in [2.75, 3.05) is 52.7 Å². The maximum absolute atomic E-state index is 14.1. The number of carbonyl (C=O) groups is 5. The highest BCUT2D eigenvalue weighted by Gasteiger charge is 2.45. The molecule has 1 saturated heterocycles. The van der Waals surface area contributed by atoms with Crippen molar-refractivity contribution in [3.63, 3.8) is 0 Å². The Morgan fingerprint density at radius 1 is 0.861 bits per heavy atom. The minimum absolute atomic E-state index is 0.0354. The Balaban J connectivity index is 0.747. The Morgan fingerprint density at radius 2 is 1.57 bits per heavy atom. The van der Waals surface area contributed by atoms with E-state index in [1.54, 1.807) is 61.9 Å². The number of thiazole rings is 1. The number of alkyl halides is 3. The van der Waals surface area contributed by atoms with Gasteiger partial charge >= 0.3 is 6.18 Å². The van der Waals surface area contributed by atoms with Gasteiger partial charge in [0.2, 0.25) is 23.6 Å². The second kappa shape index (κ2) is 27.6. The van der Waals surface area contributed by atoms with Crippen molar-refractivity contribution in [3.05, 3.63) is 160 Å². The Hall–Kier alpha value is -7.23. The van der Waals surface area contributed by atoms with Crippen molar-refractivity contribution in [1.29, 1.82) is 0 Å². The van der Waals surface area contributed by atoms with Crippen molar-refractivity contribution < 1.29 is 61.2 Å². The lowest BCUT2D eigenvalue weighted by Crippen LogP contribution is -2.58. The number of fused-ring (bicyclic) bond motifs is 1. The molecule has 1 aliphatic heterocycles. The number of aliphatic hydroxyl groups excluding tert-OH is 1. The fraction of sp³-hybridized carbons (Fsp3) is 0.390. The van der Waals surface area contributed by atoms with Crippen LogP contribution in [0.5, 0.6) is 5.75 Å². The molecule has 2 aliphatic rings. The van der Waals surface area contributed by atoms with Gasteiger partial charge in [-0.3, -0.25) is 24.0 Å². The molecule has 7 rings (SSSR count). The average molecular weight is 1110 g/mol. The summed E-state index contributed by atoms with van der Waals surface area (Å²) in [4.78, 5) is 73.5. The Kier molecular flexibility index (Phi) is 20.7. The van der Waals surface area contributed by atoms with E-state index in [0.29, 0.717) is 17.7 Å². The van der Waals surface area contributed by atoms with Crippen molar-refractivity contribution >= 4 is 46.9 Å². The smallest absolute Gasteiger partial charge is 0.416 e. The van der Waals surface area contributed by atoms with Gasteiger partial charge in [0.1, 0.15) is 30.5 Å². The van der Waals surface area contributed by atoms with Crippen LogP contribution in [0.3, 0.4) is 0 Å². The summed E-state index contributed by atoms with van der Waals surface area (Å²) in [5.74, 6) is -1.68. The summed E-state index contributed by atoms with van der Waals surface area (Å²) in [5, 5.41) is 22.2. The van der Waals surface area contributed by atoms with Gasteiger partial charge in [0.15, 0.2) is 0 Å². The minimum atomic E-state index is -4.44. The number of nitrogens with zero attached hydrogens (tertiary/aromatic N) is 2. The molecule has 1 aromatic heterocycles. The number of halogens is 3. The van der Waals surface area contributed by atoms with Gasteiger partial charge in [-0.2, -0.15) is 13.2 Å². The summed E-state index contributed by atoms with van der Waals surface area (Å²) in [6.45, 7) is 12.3. The third-order valence-corrected chi connectivity index (χ3v) is 14.2. The van der Waals surface area contributed by atoms with Crippen molar-refractivity contribution in [2.24, 2.45) is 5.41 Å². The van der Waals surface area contributed by atoms with Gasteiger partial charge in [-0.05, 0) is 82.1 Å².